The predicted octanol–water partition coefficient (Wildman–Crippen LogP) is 2.51. The predicted molar refractivity (Wildman–Crippen MR) is 66.9 cm³/mol. The second-order valence-corrected chi connectivity index (χ2v) is 4.95. The van der Waals surface area contributed by atoms with Crippen molar-refractivity contribution in [2.75, 3.05) is 7.05 Å². The van der Waals surface area contributed by atoms with Gasteiger partial charge in [-0.25, -0.2) is 0 Å². The topological polar surface area (TPSA) is 49.3 Å². The maximum atomic E-state index is 11.5. The quantitative estimate of drug-likeness (QED) is 0.840. The molecule has 2 N–H and O–H groups in total. The van der Waals surface area contributed by atoms with E-state index in [-0.39, 0.29) is 6.04 Å². The van der Waals surface area contributed by atoms with Crippen LogP contribution in [0.3, 0.4) is 0 Å². The van der Waals surface area contributed by atoms with Crippen molar-refractivity contribution in [3.8, 4) is 0 Å². The van der Waals surface area contributed by atoms with Crippen LogP contribution in [0.2, 0.25) is 0 Å². The average molecular weight is 233 g/mol. The number of aryl methyl sites for hydroxylation is 1. The number of benzene rings is 1. The highest BCUT2D eigenvalue weighted by Crippen LogP contribution is 2.50. The van der Waals surface area contributed by atoms with Crippen LogP contribution in [-0.2, 0) is 4.79 Å². The largest absolute Gasteiger partial charge is 0.481 e. The molecule has 1 aromatic rings. The van der Waals surface area contributed by atoms with Gasteiger partial charge in [0.25, 0.3) is 0 Å². The fraction of sp³-hybridized carbons (Fsp3) is 0.500. The molecule has 0 radical (unpaired) electrons. The van der Waals surface area contributed by atoms with Crippen LogP contribution in [0, 0.1) is 12.3 Å². The minimum atomic E-state index is -0.676. The van der Waals surface area contributed by atoms with Gasteiger partial charge in [0, 0.05) is 6.04 Å². The number of carbonyl (C=O) groups is 1. The van der Waals surface area contributed by atoms with Gasteiger partial charge in [-0.15, -0.1) is 0 Å². The van der Waals surface area contributed by atoms with Gasteiger partial charge in [-0.2, -0.15) is 0 Å². The summed E-state index contributed by atoms with van der Waals surface area (Å²) in [6.45, 7) is 2.03. The van der Waals surface area contributed by atoms with Crippen LogP contribution < -0.4 is 5.32 Å². The van der Waals surface area contributed by atoms with Crippen LogP contribution in [0.5, 0.6) is 0 Å². The molecule has 1 fully saturated rings. The molecule has 0 amide bonds. The minimum absolute atomic E-state index is 0.0892. The van der Waals surface area contributed by atoms with Gasteiger partial charge >= 0.3 is 5.97 Å². The SMILES string of the molecule is CNC(c1cccc(C)c1)C1(C(=O)O)CCC1. The van der Waals surface area contributed by atoms with Crippen molar-refractivity contribution in [2.45, 2.75) is 32.2 Å². The average Bonchev–Trinajstić information content (AvgIpc) is 2.22. The Kier molecular flexibility index (Phi) is 3.20. The summed E-state index contributed by atoms with van der Waals surface area (Å²) >= 11 is 0. The molecule has 0 aromatic heterocycles. The molecule has 1 unspecified atom stereocenters. The lowest BCUT2D eigenvalue weighted by molar-refractivity contribution is -0.157. The number of aliphatic carboxylic acids is 1. The van der Waals surface area contributed by atoms with E-state index in [0.29, 0.717) is 0 Å². The molecule has 2 rings (SSSR count). The molecule has 1 saturated carbocycles. The molecule has 1 aliphatic carbocycles. The maximum Gasteiger partial charge on any atom is 0.311 e. The fourth-order valence-corrected chi connectivity index (χ4v) is 2.80. The van der Waals surface area contributed by atoms with Crippen LogP contribution in [-0.4, -0.2) is 18.1 Å². The lowest BCUT2D eigenvalue weighted by Crippen LogP contribution is -2.47. The van der Waals surface area contributed by atoms with Gasteiger partial charge in [-0.3, -0.25) is 4.79 Å². The van der Waals surface area contributed by atoms with Crippen LogP contribution in [0.15, 0.2) is 24.3 Å². The van der Waals surface area contributed by atoms with E-state index in [1.807, 2.05) is 32.2 Å². The van der Waals surface area contributed by atoms with Gasteiger partial charge < -0.3 is 10.4 Å². The number of hydrogen-bond acceptors (Lipinski definition) is 2. The van der Waals surface area contributed by atoms with Gasteiger partial charge in [0.1, 0.15) is 0 Å². The van der Waals surface area contributed by atoms with E-state index in [9.17, 15) is 9.90 Å². The Morgan fingerprint density at radius 2 is 2.18 bits per heavy atom. The van der Waals surface area contributed by atoms with E-state index < -0.39 is 11.4 Å². The summed E-state index contributed by atoms with van der Waals surface area (Å²) < 4.78 is 0. The molecule has 1 aliphatic rings. The molecule has 0 bridgehead atoms. The third-order valence-electron chi connectivity index (χ3n) is 3.89. The Morgan fingerprint density at radius 1 is 1.47 bits per heavy atom. The van der Waals surface area contributed by atoms with Crippen LogP contribution >= 0.6 is 0 Å². The summed E-state index contributed by atoms with van der Waals surface area (Å²) in [6.07, 6.45) is 2.54. The second-order valence-electron chi connectivity index (χ2n) is 4.95. The Labute approximate surface area is 102 Å². The molecular weight excluding hydrogens is 214 g/mol. The zero-order chi connectivity index (χ0) is 12.5. The normalized spacial score (nSPS) is 19.4. The van der Waals surface area contributed by atoms with E-state index in [1.165, 1.54) is 5.56 Å². The Morgan fingerprint density at radius 3 is 2.59 bits per heavy atom. The van der Waals surface area contributed by atoms with Gasteiger partial charge in [-0.05, 0) is 32.4 Å². The fourth-order valence-electron chi connectivity index (χ4n) is 2.80. The first-order chi connectivity index (χ1) is 8.10. The van der Waals surface area contributed by atoms with Crippen molar-refractivity contribution in [1.29, 1.82) is 0 Å². The van der Waals surface area contributed by atoms with E-state index in [0.717, 1.165) is 24.8 Å². The van der Waals surface area contributed by atoms with E-state index in [2.05, 4.69) is 11.4 Å². The first-order valence-electron chi connectivity index (χ1n) is 6.07. The van der Waals surface area contributed by atoms with Gasteiger partial charge in [-0.1, -0.05) is 36.2 Å². The van der Waals surface area contributed by atoms with Gasteiger partial charge in [0.05, 0.1) is 5.41 Å². The first kappa shape index (κ1) is 12.1. The lowest BCUT2D eigenvalue weighted by Gasteiger charge is -2.44. The highest BCUT2D eigenvalue weighted by molar-refractivity contribution is 5.77. The third-order valence-corrected chi connectivity index (χ3v) is 3.89. The highest BCUT2D eigenvalue weighted by Gasteiger charge is 2.50. The number of hydrogen-bond donors (Lipinski definition) is 2. The van der Waals surface area contributed by atoms with E-state index in [4.69, 9.17) is 0 Å². The summed E-state index contributed by atoms with van der Waals surface area (Å²) in [4.78, 5) is 11.5. The molecule has 0 saturated heterocycles. The Hall–Kier alpha value is -1.35. The molecule has 1 atom stereocenters. The highest BCUT2D eigenvalue weighted by atomic mass is 16.4. The molecule has 3 heteroatoms. The Balaban J connectivity index is 2.36. The number of rotatable bonds is 4. The van der Waals surface area contributed by atoms with Crippen molar-refractivity contribution < 1.29 is 9.90 Å². The van der Waals surface area contributed by atoms with Crippen molar-refractivity contribution in [3.05, 3.63) is 35.4 Å². The summed E-state index contributed by atoms with van der Waals surface area (Å²) in [7, 11) is 1.84. The van der Waals surface area contributed by atoms with Crippen molar-refractivity contribution in [2.24, 2.45) is 5.41 Å². The third kappa shape index (κ3) is 1.95. The molecule has 3 nitrogen and oxygen atoms in total. The summed E-state index contributed by atoms with van der Waals surface area (Å²) in [5.74, 6) is -0.676. The van der Waals surface area contributed by atoms with Gasteiger partial charge in [0.15, 0.2) is 0 Å². The molecule has 1 aromatic carbocycles. The minimum Gasteiger partial charge on any atom is -0.481 e. The van der Waals surface area contributed by atoms with Crippen molar-refractivity contribution >= 4 is 5.97 Å². The van der Waals surface area contributed by atoms with Crippen molar-refractivity contribution in [1.82, 2.24) is 5.32 Å². The standard InChI is InChI=1S/C14H19NO2/c1-10-5-3-6-11(9-10)12(15-2)14(13(16)17)7-4-8-14/h3,5-6,9,12,15H,4,7-8H2,1-2H3,(H,16,17). The molecule has 0 aliphatic heterocycles. The number of nitrogens with one attached hydrogen (secondary N) is 1. The summed E-state index contributed by atoms with van der Waals surface area (Å²) in [6, 6.07) is 8.02. The molecule has 92 valence electrons. The lowest BCUT2D eigenvalue weighted by atomic mass is 9.62. The zero-order valence-corrected chi connectivity index (χ0v) is 10.4. The molecule has 0 heterocycles. The second kappa shape index (κ2) is 4.49. The molecule has 0 spiro atoms. The molecule has 17 heavy (non-hydrogen) atoms. The maximum absolute atomic E-state index is 11.5. The zero-order valence-electron chi connectivity index (χ0n) is 10.4. The summed E-state index contributed by atoms with van der Waals surface area (Å²) in [5.41, 5.74) is 1.64. The summed E-state index contributed by atoms with van der Waals surface area (Å²) in [5, 5.41) is 12.7. The number of carboxylic acid groups (broad SMARTS) is 1. The van der Waals surface area contributed by atoms with E-state index in [1.54, 1.807) is 0 Å². The van der Waals surface area contributed by atoms with E-state index >= 15 is 0 Å². The first-order valence-corrected chi connectivity index (χ1v) is 6.07. The van der Waals surface area contributed by atoms with Crippen molar-refractivity contribution in [3.63, 3.8) is 0 Å². The number of carboxylic acids is 1. The molecular formula is C14H19NO2. The van der Waals surface area contributed by atoms with Crippen LogP contribution in [0.4, 0.5) is 0 Å². The van der Waals surface area contributed by atoms with Crippen LogP contribution in [0.25, 0.3) is 0 Å². The Bertz CT molecular complexity index is 424. The smallest absolute Gasteiger partial charge is 0.311 e. The monoisotopic (exact) mass is 233 g/mol. The van der Waals surface area contributed by atoms with Crippen LogP contribution in [0.1, 0.15) is 36.4 Å². The van der Waals surface area contributed by atoms with Gasteiger partial charge in [0.2, 0.25) is 0 Å².